The first-order chi connectivity index (χ1) is 40.8. The molecule has 4 heterocycles. The number of urea groups is 1. The van der Waals surface area contributed by atoms with Crippen LogP contribution >= 0.6 is 11.6 Å². The number of likely N-dealkylation sites (N-methyl/N-ethyl adjacent to an activating group) is 1. The number of methoxy groups -OCH3 is 3. The number of unbranched alkanes of at least 4 members (excludes halogenated alkanes) is 2. The fourth-order valence-electron chi connectivity index (χ4n) is 9.24. The van der Waals surface area contributed by atoms with E-state index in [2.05, 4.69) is 40.4 Å². The molecule has 4 bridgehead atoms. The molecule has 2 fully saturated rings. The summed E-state index contributed by atoms with van der Waals surface area (Å²) in [6, 6.07) is 4.96. The van der Waals surface area contributed by atoms with Crippen LogP contribution in [-0.4, -0.2) is 177 Å². The quantitative estimate of drug-likeness (QED) is 0.0479. The number of imide groups is 1. The van der Waals surface area contributed by atoms with Gasteiger partial charge in [-0.25, -0.2) is 14.4 Å². The van der Waals surface area contributed by atoms with Crippen LogP contribution in [0.1, 0.15) is 114 Å². The summed E-state index contributed by atoms with van der Waals surface area (Å²) in [5.74, 6) is -3.74. The number of anilines is 2. The molecular formula is C59H82ClN9O17. The van der Waals surface area contributed by atoms with E-state index in [4.69, 9.17) is 41.0 Å². The highest BCUT2D eigenvalue weighted by Gasteiger charge is 2.49. The maximum absolute atomic E-state index is 13.2. The van der Waals surface area contributed by atoms with Gasteiger partial charge in [0, 0.05) is 83.9 Å². The van der Waals surface area contributed by atoms with E-state index >= 15 is 0 Å². The number of carbonyl (C=O) groups excluding carboxylic acids is 9. The first-order valence-electron chi connectivity index (χ1n) is 28.3. The van der Waals surface area contributed by atoms with Crippen LogP contribution in [0, 0.1) is 0 Å². The predicted octanol–water partition coefficient (Wildman–Crippen LogP) is 4.64. The second-order valence-electron chi connectivity index (χ2n) is 20.9. The van der Waals surface area contributed by atoms with E-state index in [1.165, 1.54) is 65.0 Å². The van der Waals surface area contributed by atoms with Gasteiger partial charge in [-0.1, -0.05) is 62.1 Å². The number of alkyl carbamates (subject to hydrolysis) is 1. The second-order valence-corrected chi connectivity index (χ2v) is 21.3. The van der Waals surface area contributed by atoms with Gasteiger partial charge in [0.25, 0.3) is 17.7 Å². The monoisotopic (exact) mass is 1220 g/mol. The second kappa shape index (κ2) is 34.2. The molecule has 86 heavy (non-hydrogen) atoms. The predicted molar refractivity (Wildman–Crippen MR) is 317 cm³/mol. The summed E-state index contributed by atoms with van der Waals surface area (Å²) < 4.78 is 27.4. The normalized spacial score (nSPS) is 21.5. The van der Waals surface area contributed by atoms with Crippen molar-refractivity contribution in [1.82, 2.24) is 31.1 Å². The number of hydrogen-bond donors (Lipinski definition) is 8. The number of nitrogens with zero attached hydrogens (tertiary/aromatic N) is 3. The molecular weight excluding hydrogens is 1140 g/mol. The Morgan fingerprint density at radius 2 is 1.63 bits per heavy atom. The zero-order valence-corrected chi connectivity index (χ0v) is 50.9. The number of nitrogens with one attached hydrogen (secondary N) is 5. The number of halogens is 1. The molecule has 10 amide bonds. The zero-order valence-electron chi connectivity index (χ0n) is 50.2. The van der Waals surface area contributed by atoms with Crippen LogP contribution in [0.3, 0.4) is 0 Å². The molecule has 7 atom stereocenters. The third-order valence-electron chi connectivity index (χ3n) is 14.1. The molecule has 4 aliphatic heterocycles. The van der Waals surface area contributed by atoms with Crippen molar-refractivity contribution in [3.63, 3.8) is 0 Å². The van der Waals surface area contributed by atoms with Crippen molar-refractivity contribution in [2.24, 2.45) is 5.73 Å². The van der Waals surface area contributed by atoms with Gasteiger partial charge in [-0.15, -0.1) is 0 Å². The van der Waals surface area contributed by atoms with E-state index in [0.29, 0.717) is 55.0 Å². The van der Waals surface area contributed by atoms with Crippen LogP contribution in [-0.2, 0) is 54.2 Å². The zero-order chi connectivity index (χ0) is 63.8. The number of aliphatic carboxylic acids is 1. The highest BCUT2D eigenvalue weighted by molar-refractivity contribution is 6.35. The average Bonchev–Trinajstić information content (AvgIpc) is 1.61. The molecule has 4 unspecified atom stereocenters. The van der Waals surface area contributed by atoms with Crippen molar-refractivity contribution in [3.05, 3.63) is 82.4 Å². The minimum Gasteiger partial charge on any atom is -0.496 e. The molecule has 9 N–H and O–H groups in total. The summed E-state index contributed by atoms with van der Waals surface area (Å²) in [4.78, 5) is 125. The SMILES string of the molecule is CCC.COc1cc(NC(=O)C(CCCNC(N)=O)NC(=O)CNC(=O)CCCCCN2C(=O)C=CC2=O)ccc1C(=O)N(C)[C@@H](C)C(=O)O.COc1cc2cc(c1Cl)N(C)C(=O)CCC1OC1CC1C[C@@](O)(NC(=O)O1)[C@H](OC)/C=C/C=C(\C)C2. The number of aliphatic hydroxyl groups is 1. The van der Waals surface area contributed by atoms with Crippen LogP contribution in [0.5, 0.6) is 11.5 Å². The van der Waals surface area contributed by atoms with E-state index < -0.39 is 78.3 Å². The lowest BCUT2D eigenvalue weighted by Crippen LogP contribution is -2.62. The van der Waals surface area contributed by atoms with E-state index in [-0.39, 0.29) is 92.1 Å². The van der Waals surface area contributed by atoms with Gasteiger partial charge >= 0.3 is 18.1 Å². The average molecular weight is 1220 g/mol. The Balaban J connectivity index is 0.000000362. The largest absolute Gasteiger partial charge is 0.496 e. The first-order valence-corrected chi connectivity index (χ1v) is 28.7. The first kappa shape index (κ1) is 70.4. The Kier molecular flexibility index (Phi) is 28.0. The van der Waals surface area contributed by atoms with Crippen LogP contribution in [0.15, 0.2) is 66.3 Å². The third-order valence-corrected chi connectivity index (χ3v) is 14.5. The summed E-state index contributed by atoms with van der Waals surface area (Å²) in [5, 5.41) is 33.4. The minimum atomic E-state index is -1.63. The lowest BCUT2D eigenvalue weighted by Gasteiger charge is -2.40. The highest BCUT2D eigenvalue weighted by atomic mass is 35.5. The van der Waals surface area contributed by atoms with Crippen molar-refractivity contribution in [2.45, 2.75) is 147 Å². The lowest BCUT2D eigenvalue weighted by molar-refractivity contribution is -0.141. The van der Waals surface area contributed by atoms with Crippen LogP contribution < -0.4 is 46.7 Å². The smallest absolute Gasteiger partial charge is 0.409 e. The van der Waals surface area contributed by atoms with Crippen LogP contribution in [0.25, 0.3) is 0 Å². The number of benzene rings is 2. The van der Waals surface area contributed by atoms with Gasteiger partial charge in [0.1, 0.15) is 40.8 Å². The Morgan fingerprint density at radius 1 is 0.942 bits per heavy atom. The number of fused-ring (bicyclic) bond motifs is 5. The number of hydrogen-bond acceptors (Lipinski definition) is 16. The number of allylic oxidation sites excluding steroid dienone is 3. The van der Waals surface area contributed by atoms with Crippen molar-refractivity contribution in [3.8, 4) is 11.5 Å². The summed E-state index contributed by atoms with van der Waals surface area (Å²) in [6.07, 6.45) is 10.7. The maximum atomic E-state index is 13.2. The number of carboxylic acids is 1. The summed E-state index contributed by atoms with van der Waals surface area (Å²) in [5.41, 5.74) is 6.26. The molecule has 472 valence electrons. The van der Waals surface area contributed by atoms with Crippen molar-refractivity contribution >= 4 is 82.4 Å². The van der Waals surface area contributed by atoms with Crippen molar-refractivity contribution in [2.75, 3.05) is 65.3 Å². The summed E-state index contributed by atoms with van der Waals surface area (Å²) in [7, 11) is 7.36. The van der Waals surface area contributed by atoms with Crippen molar-refractivity contribution in [1.29, 1.82) is 0 Å². The highest BCUT2D eigenvalue weighted by Crippen LogP contribution is 2.39. The fraction of sp³-hybridized carbons (Fsp3) is 0.525. The fourth-order valence-corrected chi connectivity index (χ4v) is 9.55. The van der Waals surface area contributed by atoms with E-state index in [0.717, 1.165) is 20.9 Å². The Hall–Kier alpha value is -8.07. The molecule has 2 saturated heterocycles. The third kappa shape index (κ3) is 21.5. The molecule has 4 aliphatic rings. The van der Waals surface area contributed by atoms with Gasteiger partial charge in [0.05, 0.1) is 44.2 Å². The minimum absolute atomic E-state index is 0.0633. The standard InChI is InChI=1S/C30H41N7O10.C26H33ClN2O7.C3H8/c1-18(29(44)45)36(2)28(43)20-11-10-19(16-22(20)47-3)34-27(42)21(8-7-14-32-30(31)46)35-24(39)17-33-23(38)9-5-4-6-15-37-25(40)12-13-26(37)41;1-15-6-5-7-22(34-4)26(32)14-17(35-25(31)28-26)13-20-19(36-20)8-9-23(30)29(2)18-11-16(10-15)12-21(33-3)24(18)27;1-3-2/h10-13,16,18,21H,4-9,14-15,17H2,1-3H3,(H,33,38)(H,34,42)(H,35,39)(H,44,45)(H3,31,32,46);5-7,11-12,17,19-20,22,32H,8-10,13-14H2,1-4H3,(H,28,31);3H2,1-2H3/b;7-5+,15-6+;/t18-,21?;17?,19?,20?,22-,26+;/m01./s1. The molecule has 0 saturated carbocycles. The Morgan fingerprint density at radius 3 is 2.27 bits per heavy atom. The Labute approximate surface area is 505 Å². The van der Waals surface area contributed by atoms with Gasteiger partial charge in [-0.2, -0.15) is 0 Å². The van der Waals surface area contributed by atoms with Gasteiger partial charge < -0.3 is 70.7 Å². The van der Waals surface area contributed by atoms with E-state index in [1.54, 1.807) is 31.2 Å². The molecule has 26 nitrogen and oxygen atoms in total. The summed E-state index contributed by atoms with van der Waals surface area (Å²) in [6.45, 7) is 7.56. The molecule has 0 spiro atoms. The number of carboxylic acid groups (broad SMARTS) is 1. The number of ether oxygens (including phenoxy) is 5. The molecule has 0 radical (unpaired) electrons. The van der Waals surface area contributed by atoms with E-state index in [9.17, 15) is 58.2 Å². The van der Waals surface area contributed by atoms with Gasteiger partial charge in [0.2, 0.25) is 23.6 Å². The number of amides is 10. The molecule has 0 aliphatic carbocycles. The Bertz CT molecular complexity index is 2850. The van der Waals surface area contributed by atoms with Gasteiger partial charge in [0.15, 0.2) is 5.72 Å². The van der Waals surface area contributed by atoms with Gasteiger partial charge in [-0.05, 0) is 82.2 Å². The number of rotatable bonds is 21. The molecule has 27 heteroatoms. The van der Waals surface area contributed by atoms with Crippen LogP contribution in [0.2, 0.25) is 5.02 Å². The molecule has 0 aromatic heterocycles. The number of epoxide rings is 1. The van der Waals surface area contributed by atoms with Crippen LogP contribution in [0.4, 0.5) is 21.0 Å². The molecule has 6 rings (SSSR count). The van der Waals surface area contributed by atoms with E-state index in [1.807, 2.05) is 25.1 Å². The molecule has 2 aromatic carbocycles. The lowest BCUT2D eigenvalue weighted by atomic mass is 9.93. The summed E-state index contributed by atoms with van der Waals surface area (Å²) >= 11 is 6.56. The molecule has 2 aromatic rings. The number of primary amides is 1. The topological polar surface area (TPSA) is 356 Å². The maximum Gasteiger partial charge on any atom is 0.409 e. The number of nitrogens with two attached hydrogens (primary N) is 1. The number of carbonyl (C=O) groups is 10. The van der Waals surface area contributed by atoms with Gasteiger partial charge in [-0.3, -0.25) is 43.8 Å². The van der Waals surface area contributed by atoms with Crippen molar-refractivity contribution < 1.29 is 81.8 Å².